The Hall–Kier alpha value is -2.49. The molecule has 2 N–H and O–H groups in total. The second-order valence-corrected chi connectivity index (χ2v) is 4.81. The Morgan fingerprint density at radius 1 is 1.19 bits per heavy atom. The molecule has 0 saturated carbocycles. The summed E-state index contributed by atoms with van der Waals surface area (Å²) in [5.74, 6) is -0.427. The SMILES string of the molecule is CCc1ccc(N(C)c2cccc(C(=O)OC)c2N)cc1. The highest BCUT2D eigenvalue weighted by molar-refractivity contribution is 5.99. The minimum atomic E-state index is -0.427. The van der Waals surface area contributed by atoms with Crippen molar-refractivity contribution in [1.82, 2.24) is 0 Å². The molecule has 21 heavy (non-hydrogen) atoms. The van der Waals surface area contributed by atoms with E-state index in [1.54, 1.807) is 12.1 Å². The van der Waals surface area contributed by atoms with Crippen molar-refractivity contribution in [2.75, 3.05) is 24.8 Å². The molecule has 0 unspecified atom stereocenters. The number of nitrogens with two attached hydrogens (primary N) is 1. The van der Waals surface area contributed by atoms with E-state index in [0.29, 0.717) is 11.3 Å². The molecule has 0 bridgehead atoms. The Bertz CT molecular complexity index is 636. The number of carbonyl (C=O) groups is 1. The number of nitrogen functional groups attached to an aromatic ring is 1. The number of esters is 1. The maximum Gasteiger partial charge on any atom is 0.340 e. The molecule has 0 amide bonds. The Labute approximate surface area is 125 Å². The van der Waals surface area contributed by atoms with Gasteiger partial charge in [-0.25, -0.2) is 4.79 Å². The van der Waals surface area contributed by atoms with Crippen LogP contribution in [0.25, 0.3) is 0 Å². The van der Waals surface area contributed by atoms with Gasteiger partial charge in [0, 0.05) is 12.7 Å². The van der Waals surface area contributed by atoms with E-state index < -0.39 is 5.97 Å². The number of hydrogen-bond acceptors (Lipinski definition) is 4. The predicted molar refractivity (Wildman–Crippen MR) is 86.1 cm³/mol. The van der Waals surface area contributed by atoms with E-state index >= 15 is 0 Å². The second-order valence-electron chi connectivity index (χ2n) is 4.81. The van der Waals surface area contributed by atoms with E-state index in [0.717, 1.165) is 17.8 Å². The van der Waals surface area contributed by atoms with Crippen molar-refractivity contribution >= 4 is 23.0 Å². The van der Waals surface area contributed by atoms with E-state index in [1.165, 1.54) is 12.7 Å². The molecule has 0 fully saturated rings. The normalized spacial score (nSPS) is 10.2. The Morgan fingerprint density at radius 2 is 1.86 bits per heavy atom. The molecule has 2 aromatic carbocycles. The number of aryl methyl sites for hydroxylation is 1. The molecule has 2 aromatic rings. The quantitative estimate of drug-likeness (QED) is 0.690. The number of ether oxygens (including phenoxy) is 1. The van der Waals surface area contributed by atoms with Crippen LogP contribution in [-0.4, -0.2) is 20.1 Å². The van der Waals surface area contributed by atoms with E-state index in [4.69, 9.17) is 10.5 Å². The summed E-state index contributed by atoms with van der Waals surface area (Å²) < 4.78 is 4.75. The molecule has 0 aromatic heterocycles. The number of benzene rings is 2. The lowest BCUT2D eigenvalue weighted by Crippen LogP contribution is -2.14. The van der Waals surface area contributed by atoms with Crippen LogP contribution in [-0.2, 0) is 11.2 Å². The summed E-state index contributed by atoms with van der Waals surface area (Å²) in [7, 11) is 3.27. The van der Waals surface area contributed by atoms with Crippen LogP contribution in [0.3, 0.4) is 0 Å². The largest absolute Gasteiger partial charge is 0.465 e. The van der Waals surface area contributed by atoms with Crippen molar-refractivity contribution in [3.63, 3.8) is 0 Å². The van der Waals surface area contributed by atoms with Gasteiger partial charge < -0.3 is 15.4 Å². The fraction of sp³-hybridized carbons (Fsp3) is 0.235. The van der Waals surface area contributed by atoms with Crippen LogP contribution in [0.1, 0.15) is 22.8 Å². The topological polar surface area (TPSA) is 55.6 Å². The van der Waals surface area contributed by atoms with Crippen molar-refractivity contribution in [1.29, 1.82) is 0 Å². The van der Waals surface area contributed by atoms with Crippen LogP contribution in [0, 0.1) is 0 Å². The van der Waals surface area contributed by atoms with Gasteiger partial charge in [-0.3, -0.25) is 0 Å². The summed E-state index contributed by atoms with van der Waals surface area (Å²) in [6.07, 6.45) is 1.00. The fourth-order valence-electron chi connectivity index (χ4n) is 2.23. The number of nitrogens with zero attached hydrogens (tertiary/aromatic N) is 1. The Balaban J connectivity index is 2.38. The molecule has 4 heteroatoms. The van der Waals surface area contributed by atoms with Gasteiger partial charge in [0.25, 0.3) is 0 Å². The van der Waals surface area contributed by atoms with Gasteiger partial charge in [-0.15, -0.1) is 0 Å². The minimum Gasteiger partial charge on any atom is -0.465 e. The van der Waals surface area contributed by atoms with Crippen LogP contribution in [0.4, 0.5) is 17.1 Å². The number of anilines is 3. The van der Waals surface area contributed by atoms with Crippen molar-refractivity contribution in [2.45, 2.75) is 13.3 Å². The zero-order valence-corrected chi connectivity index (χ0v) is 12.6. The first-order chi connectivity index (χ1) is 10.1. The van der Waals surface area contributed by atoms with E-state index in [1.807, 2.05) is 30.1 Å². The van der Waals surface area contributed by atoms with Gasteiger partial charge in [0.1, 0.15) is 0 Å². The number of rotatable bonds is 4. The van der Waals surface area contributed by atoms with Gasteiger partial charge in [-0.2, -0.15) is 0 Å². The average molecular weight is 284 g/mol. The van der Waals surface area contributed by atoms with Crippen LogP contribution in [0.5, 0.6) is 0 Å². The molecular weight excluding hydrogens is 264 g/mol. The third-order valence-electron chi connectivity index (χ3n) is 3.58. The third kappa shape index (κ3) is 2.99. The lowest BCUT2D eigenvalue weighted by Gasteiger charge is -2.22. The maximum absolute atomic E-state index is 11.7. The molecule has 0 saturated heterocycles. The summed E-state index contributed by atoms with van der Waals surface area (Å²) in [6, 6.07) is 13.6. The molecule has 0 aliphatic heterocycles. The van der Waals surface area contributed by atoms with Crippen LogP contribution < -0.4 is 10.6 Å². The summed E-state index contributed by atoms with van der Waals surface area (Å²) in [6.45, 7) is 2.12. The van der Waals surface area contributed by atoms with Gasteiger partial charge in [0.2, 0.25) is 0 Å². The smallest absolute Gasteiger partial charge is 0.340 e. The molecule has 0 atom stereocenters. The van der Waals surface area contributed by atoms with Gasteiger partial charge in [0.15, 0.2) is 0 Å². The van der Waals surface area contributed by atoms with Crippen LogP contribution >= 0.6 is 0 Å². The van der Waals surface area contributed by atoms with E-state index in [9.17, 15) is 4.79 Å². The molecule has 0 radical (unpaired) electrons. The zero-order chi connectivity index (χ0) is 15.4. The Kier molecular flexibility index (Phi) is 4.48. The first kappa shape index (κ1) is 14.9. The average Bonchev–Trinajstić information content (AvgIpc) is 2.54. The van der Waals surface area contributed by atoms with Crippen molar-refractivity contribution < 1.29 is 9.53 Å². The van der Waals surface area contributed by atoms with Crippen molar-refractivity contribution in [2.24, 2.45) is 0 Å². The summed E-state index contributed by atoms with van der Waals surface area (Å²) in [4.78, 5) is 13.7. The van der Waals surface area contributed by atoms with Crippen molar-refractivity contribution in [3.05, 3.63) is 53.6 Å². The number of hydrogen-bond donors (Lipinski definition) is 1. The monoisotopic (exact) mass is 284 g/mol. The van der Waals surface area contributed by atoms with Gasteiger partial charge >= 0.3 is 5.97 Å². The number of para-hydroxylation sites is 1. The zero-order valence-electron chi connectivity index (χ0n) is 12.6. The lowest BCUT2D eigenvalue weighted by atomic mass is 10.1. The number of methoxy groups -OCH3 is 1. The highest BCUT2D eigenvalue weighted by Crippen LogP contribution is 2.31. The summed E-state index contributed by atoms with van der Waals surface area (Å²) in [5, 5.41) is 0. The molecular formula is C17H20N2O2. The highest BCUT2D eigenvalue weighted by Gasteiger charge is 2.15. The maximum atomic E-state index is 11.7. The number of carbonyl (C=O) groups excluding carboxylic acids is 1. The second kappa shape index (κ2) is 6.31. The third-order valence-corrected chi connectivity index (χ3v) is 3.58. The van der Waals surface area contributed by atoms with E-state index in [2.05, 4.69) is 19.1 Å². The fourth-order valence-corrected chi connectivity index (χ4v) is 2.23. The van der Waals surface area contributed by atoms with Gasteiger partial charge in [-0.05, 0) is 36.2 Å². The first-order valence-corrected chi connectivity index (χ1v) is 6.88. The molecule has 4 nitrogen and oxygen atoms in total. The standard InChI is InChI=1S/C17H20N2O2/c1-4-12-8-10-13(11-9-12)19(2)15-7-5-6-14(16(15)18)17(20)21-3/h5-11H,4,18H2,1-3H3. The van der Waals surface area contributed by atoms with Gasteiger partial charge in [-0.1, -0.05) is 25.1 Å². The van der Waals surface area contributed by atoms with Crippen molar-refractivity contribution in [3.8, 4) is 0 Å². The molecule has 0 aliphatic carbocycles. The highest BCUT2D eigenvalue weighted by atomic mass is 16.5. The van der Waals surface area contributed by atoms with Crippen LogP contribution in [0.2, 0.25) is 0 Å². The molecule has 110 valence electrons. The molecule has 2 rings (SSSR count). The van der Waals surface area contributed by atoms with Gasteiger partial charge in [0.05, 0.1) is 24.0 Å². The minimum absolute atomic E-state index is 0.382. The Morgan fingerprint density at radius 3 is 2.43 bits per heavy atom. The molecule has 0 heterocycles. The summed E-state index contributed by atoms with van der Waals surface area (Å²) >= 11 is 0. The van der Waals surface area contributed by atoms with Crippen LogP contribution in [0.15, 0.2) is 42.5 Å². The van der Waals surface area contributed by atoms with E-state index in [-0.39, 0.29) is 0 Å². The molecule has 0 aliphatic rings. The first-order valence-electron chi connectivity index (χ1n) is 6.88. The predicted octanol–water partition coefficient (Wildman–Crippen LogP) is 3.39. The lowest BCUT2D eigenvalue weighted by molar-refractivity contribution is 0.0602. The molecule has 0 spiro atoms. The summed E-state index contributed by atoms with van der Waals surface area (Å²) in [5.41, 5.74) is 9.99.